The number of ether oxygens (including phenoxy) is 1. The third kappa shape index (κ3) is 1.34. The van der Waals surface area contributed by atoms with Crippen LogP contribution in [0.15, 0.2) is 0 Å². The van der Waals surface area contributed by atoms with E-state index >= 15 is 0 Å². The molecule has 0 aromatic carbocycles. The number of rotatable bonds is 2. The van der Waals surface area contributed by atoms with Gasteiger partial charge in [0, 0.05) is 4.83 Å². The molecule has 1 aliphatic carbocycles. The fraction of sp³-hybridized carbons (Fsp3) is 0.857. The fourth-order valence-corrected chi connectivity index (χ4v) is 1.85. The first kappa shape index (κ1) is 8.05. The van der Waals surface area contributed by atoms with Gasteiger partial charge in [0.25, 0.3) is 0 Å². The van der Waals surface area contributed by atoms with Crippen LogP contribution in [-0.4, -0.2) is 17.4 Å². The van der Waals surface area contributed by atoms with E-state index in [0.29, 0.717) is 17.4 Å². The molecule has 0 saturated heterocycles. The van der Waals surface area contributed by atoms with E-state index in [-0.39, 0.29) is 11.9 Å². The van der Waals surface area contributed by atoms with Crippen LogP contribution in [0.5, 0.6) is 0 Å². The second-order valence-electron chi connectivity index (χ2n) is 2.58. The van der Waals surface area contributed by atoms with E-state index < -0.39 is 0 Å². The molecule has 0 heterocycles. The average Bonchev–Trinajstić information content (AvgIpc) is 2.42. The molecule has 0 aliphatic heterocycles. The highest BCUT2D eigenvalue weighted by atomic mass is 79.9. The zero-order chi connectivity index (χ0) is 7.72. The summed E-state index contributed by atoms with van der Waals surface area (Å²) in [4.78, 5) is 11.3. The van der Waals surface area contributed by atoms with E-state index in [1.165, 1.54) is 0 Å². The van der Waals surface area contributed by atoms with Crippen LogP contribution >= 0.6 is 15.9 Å². The maximum Gasteiger partial charge on any atom is 0.310 e. The second-order valence-corrected chi connectivity index (χ2v) is 3.64. The molecule has 0 aromatic heterocycles. The van der Waals surface area contributed by atoms with Gasteiger partial charge in [0.2, 0.25) is 0 Å². The number of carbonyl (C=O) groups excluding carboxylic acids is 1. The summed E-state index contributed by atoms with van der Waals surface area (Å²) in [7, 11) is 0. The third-order valence-corrected chi connectivity index (χ3v) is 3.23. The molecular weight excluding hydrogens is 196 g/mol. The second kappa shape index (κ2) is 2.91. The van der Waals surface area contributed by atoms with Gasteiger partial charge in [-0.1, -0.05) is 22.9 Å². The lowest BCUT2D eigenvalue weighted by atomic mass is 10.3. The van der Waals surface area contributed by atoms with E-state index in [9.17, 15) is 4.79 Å². The van der Waals surface area contributed by atoms with Crippen molar-refractivity contribution in [1.82, 2.24) is 0 Å². The summed E-state index contributed by atoms with van der Waals surface area (Å²) in [6.07, 6.45) is 0. The Balaban J connectivity index is 2.31. The Bertz CT molecular complexity index is 139. The number of alkyl halides is 1. The first-order chi connectivity index (χ1) is 4.68. The van der Waals surface area contributed by atoms with E-state index in [0.717, 1.165) is 0 Å². The Morgan fingerprint density at radius 3 is 2.50 bits per heavy atom. The highest BCUT2D eigenvalue weighted by molar-refractivity contribution is 9.09. The van der Waals surface area contributed by atoms with Crippen molar-refractivity contribution in [2.45, 2.75) is 18.7 Å². The summed E-state index contributed by atoms with van der Waals surface area (Å²) in [5, 5.41) is 0. The van der Waals surface area contributed by atoms with Crippen LogP contribution in [0.2, 0.25) is 0 Å². The summed E-state index contributed by atoms with van der Waals surface area (Å²) in [5.74, 6) is 0.510. The highest BCUT2D eigenvalue weighted by Crippen LogP contribution is 2.45. The summed E-state index contributed by atoms with van der Waals surface area (Å²) in [6, 6.07) is 0. The molecule has 0 spiro atoms. The molecule has 10 heavy (non-hydrogen) atoms. The minimum absolute atomic E-state index is 0.0584. The molecule has 0 aromatic rings. The van der Waals surface area contributed by atoms with Gasteiger partial charge < -0.3 is 4.74 Å². The summed E-state index contributed by atoms with van der Waals surface area (Å²) >= 11 is 3.38. The van der Waals surface area contributed by atoms with Crippen molar-refractivity contribution in [3.63, 3.8) is 0 Å². The molecule has 58 valence electrons. The number of carbonyl (C=O) groups is 1. The Kier molecular flexibility index (Phi) is 2.34. The van der Waals surface area contributed by atoms with Crippen LogP contribution in [0, 0.1) is 11.8 Å². The standard InChI is InChI=1S/C7H11BrO2/c1-3-10-7(9)5-4(2)6(5)8/h4-6H,3H2,1-2H3. The zero-order valence-corrected chi connectivity index (χ0v) is 7.72. The van der Waals surface area contributed by atoms with Crippen molar-refractivity contribution in [1.29, 1.82) is 0 Å². The molecule has 3 atom stereocenters. The summed E-state index contributed by atoms with van der Waals surface area (Å²) in [5.41, 5.74) is 0. The minimum atomic E-state index is -0.0584. The predicted octanol–water partition coefficient (Wildman–Crippen LogP) is 1.58. The molecule has 3 unspecified atom stereocenters. The number of halogens is 1. The van der Waals surface area contributed by atoms with Crippen LogP contribution in [0.1, 0.15) is 13.8 Å². The van der Waals surface area contributed by atoms with Gasteiger partial charge in [-0.2, -0.15) is 0 Å². The van der Waals surface area contributed by atoms with Crippen molar-refractivity contribution in [2.24, 2.45) is 11.8 Å². The molecule has 0 radical (unpaired) electrons. The van der Waals surface area contributed by atoms with Gasteiger partial charge in [-0.3, -0.25) is 4.79 Å². The number of hydrogen-bond acceptors (Lipinski definition) is 2. The fourth-order valence-electron chi connectivity index (χ4n) is 0.997. The van der Waals surface area contributed by atoms with Gasteiger partial charge >= 0.3 is 5.97 Å². The van der Waals surface area contributed by atoms with Gasteiger partial charge in [-0.25, -0.2) is 0 Å². The van der Waals surface area contributed by atoms with Crippen molar-refractivity contribution < 1.29 is 9.53 Å². The zero-order valence-electron chi connectivity index (χ0n) is 6.13. The SMILES string of the molecule is CCOC(=O)C1C(C)C1Br. The maximum absolute atomic E-state index is 11.0. The van der Waals surface area contributed by atoms with Crippen molar-refractivity contribution in [2.75, 3.05) is 6.61 Å². The first-order valence-electron chi connectivity index (χ1n) is 3.49. The average molecular weight is 207 g/mol. The highest BCUT2D eigenvalue weighted by Gasteiger charge is 2.51. The third-order valence-electron chi connectivity index (χ3n) is 1.83. The number of esters is 1. The molecule has 0 N–H and O–H groups in total. The lowest BCUT2D eigenvalue weighted by Crippen LogP contribution is -2.07. The lowest BCUT2D eigenvalue weighted by molar-refractivity contribution is -0.144. The van der Waals surface area contributed by atoms with Gasteiger partial charge in [0.15, 0.2) is 0 Å². The maximum atomic E-state index is 11.0. The molecule has 1 aliphatic rings. The Hall–Kier alpha value is -0.0500. The van der Waals surface area contributed by atoms with Crippen LogP contribution in [0.25, 0.3) is 0 Å². The molecule has 2 nitrogen and oxygen atoms in total. The molecule has 1 saturated carbocycles. The van der Waals surface area contributed by atoms with Crippen LogP contribution in [0.3, 0.4) is 0 Å². The first-order valence-corrected chi connectivity index (χ1v) is 4.40. The quantitative estimate of drug-likeness (QED) is 0.507. The smallest absolute Gasteiger partial charge is 0.310 e. The molecule has 0 amide bonds. The Morgan fingerprint density at radius 1 is 1.70 bits per heavy atom. The lowest BCUT2D eigenvalue weighted by Gasteiger charge is -1.97. The largest absolute Gasteiger partial charge is 0.466 e. The Morgan fingerprint density at radius 2 is 2.20 bits per heavy atom. The monoisotopic (exact) mass is 206 g/mol. The van der Waals surface area contributed by atoms with E-state index in [1.807, 2.05) is 13.8 Å². The molecule has 0 bridgehead atoms. The summed E-state index contributed by atoms with van der Waals surface area (Å²) in [6.45, 7) is 4.36. The van der Waals surface area contributed by atoms with Crippen molar-refractivity contribution in [3.05, 3.63) is 0 Å². The molecule has 1 rings (SSSR count). The molecule has 1 fully saturated rings. The molecular formula is C7H11BrO2. The number of hydrogen-bond donors (Lipinski definition) is 0. The topological polar surface area (TPSA) is 26.3 Å². The van der Waals surface area contributed by atoms with E-state index in [4.69, 9.17) is 4.74 Å². The summed E-state index contributed by atoms with van der Waals surface area (Å²) < 4.78 is 4.84. The predicted molar refractivity (Wildman–Crippen MR) is 42.0 cm³/mol. The van der Waals surface area contributed by atoms with Gasteiger partial charge in [-0.15, -0.1) is 0 Å². The van der Waals surface area contributed by atoms with Gasteiger partial charge in [0.1, 0.15) is 0 Å². The van der Waals surface area contributed by atoms with Crippen LogP contribution in [0.4, 0.5) is 0 Å². The normalized spacial score (nSPS) is 37.3. The minimum Gasteiger partial charge on any atom is -0.466 e. The van der Waals surface area contributed by atoms with E-state index in [1.54, 1.807) is 0 Å². The van der Waals surface area contributed by atoms with Crippen molar-refractivity contribution >= 4 is 21.9 Å². The van der Waals surface area contributed by atoms with Crippen LogP contribution < -0.4 is 0 Å². The van der Waals surface area contributed by atoms with Gasteiger partial charge in [0.05, 0.1) is 12.5 Å². The Labute approximate surface area is 69.1 Å². The van der Waals surface area contributed by atoms with Gasteiger partial charge in [-0.05, 0) is 12.8 Å². The van der Waals surface area contributed by atoms with Crippen LogP contribution in [-0.2, 0) is 9.53 Å². The van der Waals surface area contributed by atoms with E-state index in [2.05, 4.69) is 15.9 Å². The molecule has 3 heteroatoms. The van der Waals surface area contributed by atoms with Crippen molar-refractivity contribution in [3.8, 4) is 0 Å².